The van der Waals surface area contributed by atoms with Crippen LogP contribution in [-0.4, -0.2) is 24.3 Å². The van der Waals surface area contributed by atoms with Crippen molar-refractivity contribution < 1.29 is 9.53 Å². The quantitative estimate of drug-likeness (QED) is 0.814. The molecule has 25 heavy (non-hydrogen) atoms. The summed E-state index contributed by atoms with van der Waals surface area (Å²) in [5.41, 5.74) is 4.31. The average Bonchev–Trinajstić information content (AvgIpc) is 2.87. The molecule has 2 aromatic rings. The van der Waals surface area contributed by atoms with E-state index in [4.69, 9.17) is 4.74 Å². The fourth-order valence-corrected chi connectivity index (χ4v) is 4.14. The van der Waals surface area contributed by atoms with Gasteiger partial charge >= 0.3 is 0 Å². The zero-order chi connectivity index (χ0) is 17.8. The van der Waals surface area contributed by atoms with E-state index in [0.717, 1.165) is 29.1 Å². The summed E-state index contributed by atoms with van der Waals surface area (Å²) in [6.45, 7) is 6.51. The number of nitrogens with zero attached hydrogens (tertiary/aromatic N) is 2. The minimum atomic E-state index is -0.212. The fraction of sp³-hybridized carbons (Fsp3) is 0.333. The highest BCUT2D eigenvalue weighted by Crippen LogP contribution is 2.48. The van der Waals surface area contributed by atoms with E-state index in [9.17, 15) is 4.79 Å². The second kappa shape index (κ2) is 5.45. The molecule has 1 unspecified atom stereocenters. The SMILES string of the molecule is COc1ccc(N=C2C(=O)N3c4c2cccc4C(C)CC3(C)C)cc1. The molecule has 2 aromatic carbocycles. The van der Waals surface area contributed by atoms with Crippen LogP contribution in [0.25, 0.3) is 0 Å². The molecular weight excluding hydrogens is 312 g/mol. The van der Waals surface area contributed by atoms with Gasteiger partial charge in [0, 0.05) is 11.1 Å². The first-order valence-electron chi connectivity index (χ1n) is 8.63. The van der Waals surface area contributed by atoms with Gasteiger partial charge in [0.25, 0.3) is 5.91 Å². The molecule has 2 aliphatic rings. The number of ether oxygens (including phenoxy) is 1. The zero-order valence-corrected chi connectivity index (χ0v) is 15.0. The van der Waals surface area contributed by atoms with E-state index in [-0.39, 0.29) is 11.4 Å². The van der Waals surface area contributed by atoms with Gasteiger partial charge in [-0.25, -0.2) is 4.99 Å². The van der Waals surface area contributed by atoms with Crippen molar-refractivity contribution in [3.05, 3.63) is 53.6 Å². The van der Waals surface area contributed by atoms with Crippen molar-refractivity contribution in [2.75, 3.05) is 12.0 Å². The molecule has 0 saturated carbocycles. The first kappa shape index (κ1) is 15.9. The molecule has 4 nitrogen and oxygen atoms in total. The molecule has 2 heterocycles. The van der Waals surface area contributed by atoms with Crippen LogP contribution in [0.5, 0.6) is 5.75 Å². The molecule has 0 N–H and O–H groups in total. The van der Waals surface area contributed by atoms with Gasteiger partial charge < -0.3 is 9.64 Å². The van der Waals surface area contributed by atoms with Crippen molar-refractivity contribution in [2.45, 2.75) is 38.6 Å². The molecule has 4 heteroatoms. The van der Waals surface area contributed by atoms with E-state index < -0.39 is 0 Å². The molecule has 1 amide bonds. The third kappa shape index (κ3) is 2.36. The van der Waals surface area contributed by atoms with E-state index in [0.29, 0.717) is 11.6 Å². The number of rotatable bonds is 2. The summed E-state index contributed by atoms with van der Waals surface area (Å²) in [7, 11) is 1.63. The van der Waals surface area contributed by atoms with Gasteiger partial charge in [-0.2, -0.15) is 0 Å². The first-order chi connectivity index (χ1) is 11.9. The minimum Gasteiger partial charge on any atom is -0.497 e. The predicted molar refractivity (Wildman–Crippen MR) is 100 cm³/mol. The molecule has 1 atom stereocenters. The maximum Gasteiger partial charge on any atom is 0.278 e. The second-order valence-electron chi connectivity index (χ2n) is 7.46. The number of carbonyl (C=O) groups excluding carboxylic acids is 1. The van der Waals surface area contributed by atoms with E-state index in [1.807, 2.05) is 41.3 Å². The van der Waals surface area contributed by atoms with Crippen molar-refractivity contribution in [1.29, 1.82) is 0 Å². The molecule has 0 fully saturated rings. The van der Waals surface area contributed by atoms with Gasteiger partial charge in [0.15, 0.2) is 0 Å². The Bertz CT molecular complexity index is 881. The number of hydrogen-bond acceptors (Lipinski definition) is 3. The maximum absolute atomic E-state index is 13.2. The fourth-order valence-electron chi connectivity index (χ4n) is 4.14. The summed E-state index contributed by atoms with van der Waals surface area (Å²) >= 11 is 0. The Morgan fingerprint density at radius 2 is 1.88 bits per heavy atom. The van der Waals surface area contributed by atoms with Crippen LogP contribution in [0.2, 0.25) is 0 Å². The van der Waals surface area contributed by atoms with Crippen LogP contribution < -0.4 is 9.64 Å². The molecule has 0 aromatic heterocycles. The topological polar surface area (TPSA) is 41.9 Å². The molecule has 0 bridgehead atoms. The second-order valence-corrected chi connectivity index (χ2v) is 7.46. The van der Waals surface area contributed by atoms with Gasteiger partial charge in [-0.3, -0.25) is 4.79 Å². The third-order valence-electron chi connectivity index (χ3n) is 5.21. The van der Waals surface area contributed by atoms with Crippen LogP contribution in [0.1, 0.15) is 44.2 Å². The predicted octanol–water partition coefficient (Wildman–Crippen LogP) is 4.45. The normalized spacial score (nSPS) is 22.2. The number of benzene rings is 2. The smallest absolute Gasteiger partial charge is 0.278 e. The molecule has 0 saturated heterocycles. The van der Waals surface area contributed by atoms with E-state index in [1.165, 1.54) is 5.56 Å². The van der Waals surface area contributed by atoms with Crippen LogP contribution >= 0.6 is 0 Å². The van der Waals surface area contributed by atoms with Gasteiger partial charge in [0.1, 0.15) is 11.5 Å². The molecule has 0 aliphatic carbocycles. The summed E-state index contributed by atoms with van der Waals surface area (Å²) in [6.07, 6.45) is 0.949. The van der Waals surface area contributed by atoms with Gasteiger partial charge in [-0.1, -0.05) is 25.1 Å². The van der Waals surface area contributed by atoms with Crippen molar-refractivity contribution in [3.8, 4) is 5.75 Å². The van der Waals surface area contributed by atoms with Crippen molar-refractivity contribution >= 4 is 23.0 Å². The zero-order valence-electron chi connectivity index (χ0n) is 15.0. The Balaban J connectivity index is 1.87. The first-order valence-corrected chi connectivity index (χ1v) is 8.63. The van der Waals surface area contributed by atoms with Crippen LogP contribution in [0.4, 0.5) is 11.4 Å². The minimum absolute atomic E-state index is 0.00447. The third-order valence-corrected chi connectivity index (χ3v) is 5.21. The summed E-state index contributed by atoms with van der Waals surface area (Å²) in [5.74, 6) is 1.20. The molecular formula is C21H22N2O2. The number of carbonyl (C=O) groups is 1. The van der Waals surface area contributed by atoms with Crippen molar-refractivity contribution in [1.82, 2.24) is 0 Å². The van der Waals surface area contributed by atoms with Crippen LogP contribution in [0.15, 0.2) is 47.5 Å². The number of aliphatic imine (C=N–C) groups is 1. The lowest BCUT2D eigenvalue weighted by atomic mass is 9.80. The maximum atomic E-state index is 13.2. The summed E-state index contributed by atoms with van der Waals surface area (Å²) in [6, 6.07) is 13.6. The van der Waals surface area contributed by atoms with E-state index in [2.05, 4.69) is 31.8 Å². The van der Waals surface area contributed by atoms with Gasteiger partial charge in [0.05, 0.1) is 18.5 Å². The Labute approximate surface area is 148 Å². The van der Waals surface area contributed by atoms with E-state index >= 15 is 0 Å². The van der Waals surface area contributed by atoms with Crippen molar-refractivity contribution in [2.24, 2.45) is 4.99 Å². The molecule has 128 valence electrons. The Morgan fingerprint density at radius 1 is 1.16 bits per heavy atom. The molecule has 4 rings (SSSR count). The van der Waals surface area contributed by atoms with Crippen LogP contribution in [-0.2, 0) is 4.79 Å². The standard InChI is InChI=1S/C21H22N2O2/c1-13-12-21(2,3)23-19-16(13)6-5-7-17(19)18(20(23)24)22-14-8-10-15(25-4)11-9-14/h5-11,13H,12H2,1-4H3. The summed E-state index contributed by atoms with van der Waals surface area (Å²) in [5, 5.41) is 0. The van der Waals surface area contributed by atoms with E-state index in [1.54, 1.807) is 7.11 Å². The lowest BCUT2D eigenvalue weighted by molar-refractivity contribution is -0.113. The highest BCUT2D eigenvalue weighted by molar-refractivity contribution is 6.55. The number of anilines is 1. The largest absolute Gasteiger partial charge is 0.497 e. The Morgan fingerprint density at radius 3 is 2.56 bits per heavy atom. The number of hydrogen-bond donors (Lipinski definition) is 0. The van der Waals surface area contributed by atoms with Gasteiger partial charge in [0.2, 0.25) is 0 Å². The van der Waals surface area contributed by atoms with Gasteiger partial charge in [-0.15, -0.1) is 0 Å². The number of methoxy groups -OCH3 is 1. The van der Waals surface area contributed by atoms with Crippen LogP contribution in [0.3, 0.4) is 0 Å². The summed E-state index contributed by atoms with van der Waals surface area (Å²) < 4.78 is 5.19. The Kier molecular flexibility index (Phi) is 3.46. The van der Waals surface area contributed by atoms with Gasteiger partial charge in [-0.05, 0) is 56.0 Å². The molecule has 2 aliphatic heterocycles. The number of para-hydroxylation sites is 1. The van der Waals surface area contributed by atoms with Crippen LogP contribution in [0, 0.1) is 0 Å². The Hall–Kier alpha value is -2.62. The highest BCUT2D eigenvalue weighted by atomic mass is 16.5. The molecule has 0 spiro atoms. The van der Waals surface area contributed by atoms with Crippen molar-refractivity contribution in [3.63, 3.8) is 0 Å². The molecule has 0 radical (unpaired) electrons. The average molecular weight is 334 g/mol. The monoisotopic (exact) mass is 334 g/mol. The lowest BCUT2D eigenvalue weighted by Crippen LogP contribution is -2.50. The number of amides is 1. The highest BCUT2D eigenvalue weighted by Gasteiger charge is 2.47. The summed E-state index contributed by atoms with van der Waals surface area (Å²) in [4.78, 5) is 19.8. The lowest BCUT2D eigenvalue weighted by Gasteiger charge is -2.43.